The zero-order valence-corrected chi connectivity index (χ0v) is 16.6. The highest BCUT2D eigenvalue weighted by atomic mass is 35.5. The quantitative estimate of drug-likeness (QED) is 0.504. The average Bonchev–Trinajstić information content (AvgIpc) is 3.06. The summed E-state index contributed by atoms with van der Waals surface area (Å²) in [6.45, 7) is 1.97. The maximum Gasteiger partial charge on any atom is 0.341 e. The molecule has 0 aliphatic heterocycles. The highest BCUT2D eigenvalue weighted by Crippen LogP contribution is 2.36. The Labute approximate surface area is 170 Å². The lowest BCUT2D eigenvalue weighted by atomic mass is 10.1. The van der Waals surface area contributed by atoms with Crippen LogP contribution in [0.15, 0.2) is 54.6 Å². The van der Waals surface area contributed by atoms with Crippen LogP contribution in [-0.4, -0.2) is 18.5 Å². The van der Waals surface area contributed by atoms with Gasteiger partial charge in [0.25, 0.3) is 5.91 Å². The molecular weight excluding hydrogens is 405 g/mol. The van der Waals surface area contributed by atoms with E-state index in [0.29, 0.717) is 26.2 Å². The van der Waals surface area contributed by atoms with E-state index in [1.807, 2.05) is 30.3 Å². The number of halogens is 2. The number of thiophene rings is 1. The molecule has 27 heavy (non-hydrogen) atoms. The van der Waals surface area contributed by atoms with Crippen LogP contribution in [0.5, 0.6) is 0 Å². The molecular formula is C20H15Cl2NO3S. The first-order chi connectivity index (χ1) is 13.0. The van der Waals surface area contributed by atoms with Gasteiger partial charge in [0.15, 0.2) is 0 Å². The minimum Gasteiger partial charge on any atom is -0.462 e. The molecule has 0 unspecified atom stereocenters. The second-order valence-electron chi connectivity index (χ2n) is 5.55. The number of benzene rings is 2. The van der Waals surface area contributed by atoms with Gasteiger partial charge in [-0.3, -0.25) is 4.79 Å². The standard InChI is InChI=1S/C20H15Cl2NO3S/c1-2-26-20(25)16-11-17(12-6-4-3-5-7-12)27-19(16)23-18(24)13-8-14(21)10-15(22)9-13/h3-11H,2H2,1H3,(H,23,24). The Morgan fingerprint density at radius 1 is 1.04 bits per heavy atom. The zero-order valence-electron chi connectivity index (χ0n) is 14.3. The van der Waals surface area contributed by atoms with E-state index in [1.54, 1.807) is 19.1 Å². The minimum absolute atomic E-state index is 0.243. The number of carbonyl (C=O) groups excluding carboxylic acids is 2. The second-order valence-corrected chi connectivity index (χ2v) is 7.48. The predicted octanol–water partition coefficient (Wildman–Crippen LogP) is 6.15. The molecule has 0 aliphatic carbocycles. The molecule has 0 radical (unpaired) electrons. The molecule has 0 saturated heterocycles. The highest BCUT2D eigenvalue weighted by Gasteiger charge is 2.20. The topological polar surface area (TPSA) is 55.4 Å². The summed E-state index contributed by atoms with van der Waals surface area (Å²) in [5.74, 6) is -0.901. The van der Waals surface area contributed by atoms with Crippen molar-refractivity contribution in [1.82, 2.24) is 0 Å². The highest BCUT2D eigenvalue weighted by molar-refractivity contribution is 7.20. The Morgan fingerprint density at radius 3 is 2.33 bits per heavy atom. The molecule has 0 spiro atoms. The zero-order chi connectivity index (χ0) is 19.4. The van der Waals surface area contributed by atoms with Crippen LogP contribution in [-0.2, 0) is 4.74 Å². The van der Waals surface area contributed by atoms with E-state index in [4.69, 9.17) is 27.9 Å². The van der Waals surface area contributed by atoms with Crippen LogP contribution in [0.2, 0.25) is 10.0 Å². The van der Waals surface area contributed by atoms with Crippen LogP contribution < -0.4 is 5.32 Å². The van der Waals surface area contributed by atoms with Crippen molar-refractivity contribution in [3.8, 4) is 10.4 Å². The summed E-state index contributed by atoms with van der Waals surface area (Å²) >= 11 is 13.2. The summed E-state index contributed by atoms with van der Waals surface area (Å²) in [4.78, 5) is 25.8. The predicted molar refractivity (Wildman–Crippen MR) is 110 cm³/mol. The van der Waals surface area contributed by atoms with E-state index in [1.165, 1.54) is 23.5 Å². The number of carbonyl (C=O) groups is 2. The fourth-order valence-electron chi connectivity index (χ4n) is 2.45. The third kappa shape index (κ3) is 4.69. The summed E-state index contributed by atoms with van der Waals surface area (Å²) in [6.07, 6.45) is 0. The van der Waals surface area contributed by atoms with Gasteiger partial charge in [-0.1, -0.05) is 53.5 Å². The number of esters is 1. The molecule has 0 bridgehead atoms. The molecule has 0 aliphatic rings. The van der Waals surface area contributed by atoms with Gasteiger partial charge in [0, 0.05) is 20.5 Å². The van der Waals surface area contributed by atoms with Gasteiger partial charge in [-0.25, -0.2) is 4.79 Å². The van der Waals surface area contributed by atoms with E-state index >= 15 is 0 Å². The SMILES string of the molecule is CCOC(=O)c1cc(-c2ccccc2)sc1NC(=O)c1cc(Cl)cc(Cl)c1. The maximum atomic E-state index is 12.6. The molecule has 3 rings (SSSR count). The number of anilines is 1. The summed E-state index contributed by atoms with van der Waals surface area (Å²) in [6, 6.07) is 15.9. The van der Waals surface area contributed by atoms with Crippen molar-refractivity contribution in [2.75, 3.05) is 11.9 Å². The largest absolute Gasteiger partial charge is 0.462 e. The van der Waals surface area contributed by atoms with Crippen LogP contribution in [0.3, 0.4) is 0 Å². The first-order valence-corrected chi connectivity index (χ1v) is 9.69. The number of hydrogen-bond donors (Lipinski definition) is 1. The molecule has 0 saturated carbocycles. The van der Waals surface area contributed by atoms with E-state index in [9.17, 15) is 9.59 Å². The fraction of sp³-hybridized carbons (Fsp3) is 0.100. The molecule has 138 valence electrons. The van der Waals surface area contributed by atoms with Crippen molar-refractivity contribution in [3.05, 3.63) is 75.8 Å². The number of rotatable bonds is 5. The molecule has 1 aromatic heterocycles. The van der Waals surface area contributed by atoms with Crippen molar-refractivity contribution < 1.29 is 14.3 Å². The Morgan fingerprint density at radius 2 is 1.70 bits per heavy atom. The van der Waals surface area contributed by atoms with E-state index in [-0.39, 0.29) is 6.61 Å². The number of hydrogen-bond acceptors (Lipinski definition) is 4. The van der Waals surface area contributed by atoms with Crippen LogP contribution >= 0.6 is 34.5 Å². The molecule has 3 aromatic rings. The van der Waals surface area contributed by atoms with Crippen molar-refractivity contribution >= 4 is 51.4 Å². The van der Waals surface area contributed by atoms with E-state index < -0.39 is 11.9 Å². The lowest BCUT2D eigenvalue weighted by Gasteiger charge is -2.07. The van der Waals surface area contributed by atoms with Gasteiger partial charge in [0.05, 0.1) is 12.2 Å². The van der Waals surface area contributed by atoms with Gasteiger partial charge in [-0.15, -0.1) is 11.3 Å². The molecule has 2 aromatic carbocycles. The maximum absolute atomic E-state index is 12.6. The summed E-state index contributed by atoms with van der Waals surface area (Å²) in [7, 11) is 0. The molecule has 1 amide bonds. The molecule has 0 fully saturated rings. The minimum atomic E-state index is -0.490. The number of amides is 1. The van der Waals surface area contributed by atoms with Gasteiger partial charge in [0.1, 0.15) is 5.00 Å². The van der Waals surface area contributed by atoms with E-state index in [2.05, 4.69) is 5.32 Å². The van der Waals surface area contributed by atoms with Crippen LogP contribution in [0.25, 0.3) is 10.4 Å². The third-order valence-electron chi connectivity index (χ3n) is 3.64. The first kappa shape index (κ1) is 19.4. The molecule has 1 heterocycles. The number of nitrogens with one attached hydrogen (secondary N) is 1. The Kier molecular flexibility index (Phi) is 6.16. The third-order valence-corrected chi connectivity index (χ3v) is 5.17. The van der Waals surface area contributed by atoms with Gasteiger partial charge in [-0.2, -0.15) is 0 Å². The number of ether oxygens (including phenoxy) is 1. The van der Waals surface area contributed by atoms with E-state index in [0.717, 1.165) is 10.4 Å². The fourth-order valence-corrected chi connectivity index (χ4v) is 4.02. The lowest BCUT2D eigenvalue weighted by molar-refractivity contribution is 0.0528. The second kappa shape index (κ2) is 8.57. The van der Waals surface area contributed by atoms with Crippen molar-refractivity contribution in [3.63, 3.8) is 0 Å². The first-order valence-electron chi connectivity index (χ1n) is 8.11. The molecule has 4 nitrogen and oxygen atoms in total. The van der Waals surface area contributed by atoms with Crippen LogP contribution in [0.4, 0.5) is 5.00 Å². The van der Waals surface area contributed by atoms with Crippen LogP contribution in [0, 0.1) is 0 Å². The van der Waals surface area contributed by atoms with Gasteiger partial charge >= 0.3 is 5.97 Å². The Hall–Kier alpha value is -2.34. The Bertz CT molecular complexity index is 966. The normalized spacial score (nSPS) is 10.5. The van der Waals surface area contributed by atoms with Crippen molar-refractivity contribution in [2.24, 2.45) is 0 Å². The average molecular weight is 420 g/mol. The molecule has 0 atom stereocenters. The summed E-state index contributed by atoms with van der Waals surface area (Å²) in [5.41, 5.74) is 1.55. The smallest absolute Gasteiger partial charge is 0.341 e. The molecule has 1 N–H and O–H groups in total. The van der Waals surface area contributed by atoms with Gasteiger partial charge in [0.2, 0.25) is 0 Å². The van der Waals surface area contributed by atoms with Crippen LogP contribution in [0.1, 0.15) is 27.6 Å². The van der Waals surface area contributed by atoms with Gasteiger partial charge in [-0.05, 0) is 36.8 Å². The monoisotopic (exact) mass is 419 g/mol. The van der Waals surface area contributed by atoms with Crippen molar-refractivity contribution in [1.29, 1.82) is 0 Å². The summed E-state index contributed by atoms with van der Waals surface area (Å²) < 4.78 is 5.12. The van der Waals surface area contributed by atoms with Crippen molar-refractivity contribution in [2.45, 2.75) is 6.92 Å². The summed E-state index contributed by atoms with van der Waals surface area (Å²) in [5, 5.41) is 3.89. The molecule has 7 heteroatoms. The Balaban J connectivity index is 1.96. The lowest BCUT2D eigenvalue weighted by Crippen LogP contribution is -2.14. The van der Waals surface area contributed by atoms with Gasteiger partial charge < -0.3 is 10.1 Å².